The molecule has 3 rings (SSSR count). The Labute approximate surface area is 169 Å². The zero-order chi connectivity index (χ0) is 18.4. The molecule has 0 bridgehead atoms. The molecule has 0 fully saturated rings. The Balaban J connectivity index is 0.000000366. The number of carbonyl (C=O) groups excluding carboxylic acids is 1. The maximum atomic E-state index is 10.0. The molecule has 138 valence electrons. The Morgan fingerprint density at radius 1 is 1.15 bits per heavy atom. The van der Waals surface area contributed by atoms with Gasteiger partial charge in [-0.3, -0.25) is 9.78 Å². The van der Waals surface area contributed by atoms with Crippen molar-refractivity contribution >= 4 is 16.7 Å². The van der Waals surface area contributed by atoms with E-state index in [0.717, 1.165) is 16.6 Å². The summed E-state index contributed by atoms with van der Waals surface area (Å²) in [6.45, 7) is 7.07. The average molecular weight is 528 g/mol. The third-order valence-corrected chi connectivity index (χ3v) is 3.60. The van der Waals surface area contributed by atoms with E-state index in [1.165, 1.54) is 36.4 Å². The van der Waals surface area contributed by atoms with Gasteiger partial charge in [0.25, 0.3) is 0 Å². The molecule has 2 aromatic carbocycles. The van der Waals surface area contributed by atoms with E-state index in [2.05, 4.69) is 55.2 Å². The monoisotopic (exact) mass is 527 g/mol. The van der Waals surface area contributed by atoms with Gasteiger partial charge < -0.3 is 5.11 Å². The molecule has 0 aliphatic rings. The third kappa shape index (κ3) is 5.93. The van der Waals surface area contributed by atoms with E-state index >= 15 is 0 Å². The number of benzene rings is 2. The molecule has 1 aromatic heterocycles. The number of fused-ring (bicyclic) bond motifs is 1. The zero-order valence-electron chi connectivity index (χ0n) is 15.3. The fourth-order valence-corrected chi connectivity index (χ4v) is 2.65. The van der Waals surface area contributed by atoms with Crippen molar-refractivity contribution in [2.75, 3.05) is 0 Å². The number of aromatic nitrogens is 1. The molecule has 3 aromatic rings. The van der Waals surface area contributed by atoms with E-state index in [9.17, 15) is 4.79 Å². The maximum Gasteiger partial charge on any atom is 0.155 e. The predicted molar refractivity (Wildman–Crippen MR) is 103 cm³/mol. The van der Waals surface area contributed by atoms with Crippen molar-refractivity contribution in [3.63, 3.8) is 0 Å². The van der Waals surface area contributed by atoms with Crippen LogP contribution in [0.1, 0.15) is 25.0 Å². The molecule has 0 aliphatic carbocycles. The number of aliphatic hydroxyl groups is 1. The number of nitrogens with zero attached hydrogens (tertiary/aromatic N) is 1. The maximum absolute atomic E-state index is 10.0. The minimum atomic E-state index is -0.125. The van der Waals surface area contributed by atoms with Gasteiger partial charge in [-0.05, 0) is 25.3 Å². The van der Waals surface area contributed by atoms with E-state index in [4.69, 9.17) is 5.11 Å². The molecular weight excluding hydrogens is 505 g/mol. The summed E-state index contributed by atoms with van der Waals surface area (Å²) in [5.74, 6) is -0.0625. The Bertz CT molecular complexity index is 923. The molecule has 0 unspecified atom stereocenters. The van der Waals surface area contributed by atoms with Crippen LogP contribution >= 0.6 is 0 Å². The number of ketones is 1. The van der Waals surface area contributed by atoms with Crippen molar-refractivity contribution in [3.8, 4) is 11.1 Å². The van der Waals surface area contributed by atoms with Crippen molar-refractivity contribution in [1.82, 2.24) is 4.98 Å². The number of pyridine rings is 1. The minimum Gasteiger partial charge on any atom is -0.512 e. The summed E-state index contributed by atoms with van der Waals surface area (Å²) in [5.41, 5.74) is 5.83. The SMILES string of the molecule is CC(=O)/C=C(/C)O.Cc1c[c-]c(-c2cccc3cccnc23)c(C)c1.[Pt]. The molecular formula is C22H22NO2Pt-. The van der Waals surface area contributed by atoms with Crippen molar-refractivity contribution in [3.05, 3.63) is 77.7 Å². The van der Waals surface area contributed by atoms with E-state index < -0.39 is 0 Å². The normalized spacial score (nSPS) is 10.5. The molecule has 0 saturated carbocycles. The fourth-order valence-electron chi connectivity index (χ4n) is 2.65. The third-order valence-electron chi connectivity index (χ3n) is 3.60. The molecule has 0 aliphatic heterocycles. The van der Waals surface area contributed by atoms with Crippen LogP contribution in [0.15, 0.2) is 60.5 Å². The van der Waals surface area contributed by atoms with Crippen LogP contribution < -0.4 is 0 Å². The molecule has 1 N–H and O–H groups in total. The van der Waals surface area contributed by atoms with Crippen LogP contribution in [0.4, 0.5) is 0 Å². The first-order valence-corrected chi connectivity index (χ1v) is 8.09. The second-order valence-corrected chi connectivity index (χ2v) is 6.01. The number of allylic oxidation sites excluding steroid dienone is 2. The van der Waals surface area contributed by atoms with E-state index in [-0.39, 0.29) is 32.6 Å². The first kappa shape index (κ1) is 21.8. The summed E-state index contributed by atoms with van der Waals surface area (Å²) in [6.07, 6.45) is 3.01. The van der Waals surface area contributed by atoms with Crippen LogP contribution in [-0.4, -0.2) is 15.9 Å². The van der Waals surface area contributed by atoms with Gasteiger partial charge in [0.05, 0.1) is 5.76 Å². The number of aryl methyl sites for hydroxylation is 2. The number of hydrogen-bond donors (Lipinski definition) is 1. The minimum absolute atomic E-state index is 0. The van der Waals surface area contributed by atoms with Gasteiger partial charge in [-0.1, -0.05) is 43.7 Å². The standard InChI is InChI=1S/C17H14N.C5H8O2.Pt/c1-12-8-9-15(13(2)11-12)16-7-3-5-14-6-4-10-18-17(14)16;1-4(6)3-5(2)7;/h3-8,10-11H,1-2H3;3,6H,1-2H3;/q-1;;/b;4-3-;. The van der Waals surface area contributed by atoms with E-state index in [1.807, 2.05) is 18.3 Å². The van der Waals surface area contributed by atoms with Crippen LogP contribution in [0.25, 0.3) is 22.0 Å². The molecule has 3 nitrogen and oxygen atoms in total. The summed E-state index contributed by atoms with van der Waals surface area (Å²) < 4.78 is 0. The molecule has 0 atom stereocenters. The second-order valence-electron chi connectivity index (χ2n) is 6.01. The summed E-state index contributed by atoms with van der Waals surface area (Å²) in [4.78, 5) is 14.5. The molecule has 4 heteroatoms. The topological polar surface area (TPSA) is 50.2 Å². The van der Waals surface area contributed by atoms with Crippen LogP contribution in [-0.2, 0) is 25.9 Å². The van der Waals surface area contributed by atoms with E-state index in [0.29, 0.717) is 0 Å². The molecule has 0 radical (unpaired) electrons. The zero-order valence-corrected chi connectivity index (χ0v) is 17.6. The van der Waals surface area contributed by atoms with Crippen LogP contribution in [0.3, 0.4) is 0 Å². The Kier molecular flexibility index (Phi) is 8.41. The van der Waals surface area contributed by atoms with Gasteiger partial charge in [-0.15, -0.1) is 34.9 Å². The van der Waals surface area contributed by atoms with Gasteiger partial charge in [0, 0.05) is 38.9 Å². The van der Waals surface area contributed by atoms with Gasteiger partial charge in [0.2, 0.25) is 0 Å². The number of para-hydroxylation sites is 1. The van der Waals surface area contributed by atoms with Gasteiger partial charge in [-0.2, -0.15) is 0 Å². The fraction of sp³-hybridized carbons (Fsp3) is 0.182. The van der Waals surface area contributed by atoms with Crippen LogP contribution in [0, 0.1) is 19.9 Å². The smallest absolute Gasteiger partial charge is 0.155 e. The van der Waals surface area contributed by atoms with E-state index in [1.54, 1.807) is 0 Å². The first-order valence-electron chi connectivity index (χ1n) is 8.09. The molecule has 0 saturated heterocycles. The number of aliphatic hydroxyl groups excluding tert-OH is 1. The quantitative estimate of drug-likeness (QED) is 0.278. The first-order chi connectivity index (χ1) is 11.9. The van der Waals surface area contributed by atoms with Gasteiger partial charge in [-0.25, -0.2) is 0 Å². The largest absolute Gasteiger partial charge is 0.512 e. The Morgan fingerprint density at radius 3 is 2.42 bits per heavy atom. The molecule has 26 heavy (non-hydrogen) atoms. The van der Waals surface area contributed by atoms with Crippen LogP contribution in [0.2, 0.25) is 0 Å². The number of carbonyl (C=O) groups is 1. The van der Waals surface area contributed by atoms with Gasteiger partial charge in [0.15, 0.2) is 5.78 Å². The summed E-state index contributed by atoms with van der Waals surface area (Å²) in [5, 5.41) is 9.53. The van der Waals surface area contributed by atoms with Gasteiger partial charge in [0.1, 0.15) is 0 Å². The summed E-state index contributed by atoms with van der Waals surface area (Å²) in [6, 6.07) is 17.9. The van der Waals surface area contributed by atoms with Crippen molar-refractivity contribution in [2.45, 2.75) is 27.7 Å². The predicted octanol–water partition coefficient (Wildman–Crippen LogP) is 5.35. The average Bonchev–Trinajstić information content (AvgIpc) is 2.54. The number of hydrogen-bond acceptors (Lipinski definition) is 3. The van der Waals surface area contributed by atoms with Crippen LogP contribution in [0.5, 0.6) is 0 Å². The van der Waals surface area contributed by atoms with Crippen molar-refractivity contribution < 1.29 is 31.0 Å². The summed E-state index contributed by atoms with van der Waals surface area (Å²) in [7, 11) is 0. The summed E-state index contributed by atoms with van der Waals surface area (Å²) >= 11 is 0. The van der Waals surface area contributed by atoms with Crippen molar-refractivity contribution in [1.29, 1.82) is 0 Å². The second kappa shape index (κ2) is 10.0. The Hall–Kier alpha value is -2.25. The Morgan fingerprint density at radius 2 is 1.85 bits per heavy atom. The van der Waals surface area contributed by atoms with Crippen molar-refractivity contribution in [2.24, 2.45) is 0 Å². The number of rotatable bonds is 2. The molecule has 0 spiro atoms. The molecule has 1 heterocycles. The molecule has 0 amide bonds. The van der Waals surface area contributed by atoms with Gasteiger partial charge >= 0.3 is 0 Å².